The lowest BCUT2D eigenvalue weighted by Crippen LogP contribution is -2.31. The van der Waals surface area contributed by atoms with Gasteiger partial charge in [0.15, 0.2) is 0 Å². The number of anilines is 1. The maximum Gasteiger partial charge on any atom is 0.126 e. The van der Waals surface area contributed by atoms with Gasteiger partial charge in [-0.2, -0.15) is 0 Å². The number of rotatable bonds is 5. The molecular weight excluding hydrogens is 234 g/mol. The van der Waals surface area contributed by atoms with E-state index in [9.17, 15) is 0 Å². The van der Waals surface area contributed by atoms with Gasteiger partial charge in [-0.25, -0.2) is 0 Å². The van der Waals surface area contributed by atoms with Crippen LogP contribution in [0.25, 0.3) is 0 Å². The van der Waals surface area contributed by atoms with Gasteiger partial charge in [0, 0.05) is 18.8 Å². The molecule has 3 N–H and O–H groups in total. The predicted molar refractivity (Wildman–Crippen MR) is 75.2 cm³/mol. The highest BCUT2D eigenvalue weighted by atomic mass is 35.5. The first-order valence-electron chi connectivity index (χ1n) is 5.84. The average Bonchev–Trinajstić information content (AvgIpc) is 2.27. The Labute approximate surface area is 108 Å². The number of amidine groups is 1. The third-order valence-electron chi connectivity index (χ3n) is 3.01. The Morgan fingerprint density at radius 1 is 1.53 bits per heavy atom. The quantitative estimate of drug-likeness (QED) is 0.625. The van der Waals surface area contributed by atoms with Gasteiger partial charge in [-0.3, -0.25) is 5.41 Å². The van der Waals surface area contributed by atoms with Crippen LogP contribution in [0.2, 0.25) is 5.02 Å². The first kappa shape index (κ1) is 13.8. The molecule has 0 saturated heterocycles. The molecule has 0 aliphatic carbocycles. The Morgan fingerprint density at radius 3 is 2.71 bits per heavy atom. The van der Waals surface area contributed by atoms with Gasteiger partial charge in [-0.05, 0) is 25.5 Å². The van der Waals surface area contributed by atoms with Gasteiger partial charge in [0.1, 0.15) is 5.84 Å². The average molecular weight is 254 g/mol. The normalized spacial score (nSPS) is 12.2. The minimum atomic E-state index is 0.0150. The molecule has 0 aliphatic heterocycles. The fourth-order valence-corrected chi connectivity index (χ4v) is 2.19. The second kappa shape index (κ2) is 5.92. The largest absolute Gasteiger partial charge is 0.384 e. The monoisotopic (exact) mass is 253 g/mol. The summed E-state index contributed by atoms with van der Waals surface area (Å²) < 4.78 is 0. The predicted octanol–water partition coefficient (Wildman–Crippen LogP) is 3.25. The lowest BCUT2D eigenvalue weighted by atomic mass is 10.1. The van der Waals surface area contributed by atoms with Crippen LogP contribution in [-0.2, 0) is 0 Å². The second-order valence-corrected chi connectivity index (χ2v) is 4.70. The Kier molecular flexibility index (Phi) is 4.82. The van der Waals surface area contributed by atoms with E-state index in [1.165, 1.54) is 0 Å². The van der Waals surface area contributed by atoms with Crippen molar-refractivity contribution in [3.05, 3.63) is 28.8 Å². The molecule has 0 amide bonds. The van der Waals surface area contributed by atoms with E-state index >= 15 is 0 Å². The summed E-state index contributed by atoms with van der Waals surface area (Å²) >= 11 is 6.10. The second-order valence-electron chi connectivity index (χ2n) is 4.30. The van der Waals surface area contributed by atoms with Crippen LogP contribution in [0, 0.1) is 5.41 Å². The number of halogens is 1. The molecule has 3 nitrogen and oxygen atoms in total. The van der Waals surface area contributed by atoms with E-state index < -0.39 is 0 Å². The Morgan fingerprint density at radius 2 is 2.18 bits per heavy atom. The summed E-state index contributed by atoms with van der Waals surface area (Å²) in [5.74, 6) is 0.0150. The highest BCUT2D eigenvalue weighted by Gasteiger charge is 2.16. The summed E-state index contributed by atoms with van der Waals surface area (Å²) in [4.78, 5) is 2.13. The molecule has 1 unspecified atom stereocenters. The number of hydrogen-bond donors (Lipinski definition) is 2. The number of nitrogens with zero attached hydrogens (tertiary/aromatic N) is 1. The zero-order valence-electron chi connectivity index (χ0n) is 10.6. The molecule has 94 valence electrons. The summed E-state index contributed by atoms with van der Waals surface area (Å²) in [7, 11) is 2.01. The van der Waals surface area contributed by atoms with Crippen LogP contribution in [0.15, 0.2) is 18.2 Å². The van der Waals surface area contributed by atoms with Gasteiger partial charge in [-0.15, -0.1) is 0 Å². The molecule has 1 aromatic rings. The van der Waals surface area contributed by atoms with Crippen LogP contribution in [0.4, 0.5) is 5.69 Å². The minimum Gasteiger partial charge on any atom is -0.384 e. The molecular formula is C13H20ClN3. The minimum absolute atomic E-state index is 0.0150. The van der Waals surface area contributed by atoms with Crippen molar-refractivity contribution in [2.24, 2.45) is 5.73 Å². The highest BCUT2D eigenvalue weighted by Crippen LogP contribution is 2.28. The van der Waals surface area contributed by atoms with Crippen LogP contribution in [0.5, 0.6) is 0 Å². The summed E-state index contributed by atoms with van der Waals surface area (Å²) in [6.07, 6.45) is 2.22. The van der Waals surface area contributed by atoms with E-state index in [0.29, 0.717) is 16.6 Å². The summed E-state index contributed by atoms with van der Waals surface area (Å²) in [6.45, 7) is 4.32. The Hall–Kier alpha value is -1.22. The highest BCUT2D eigenvalue weighted by molar-refractivity contribution is 6.34. The molecule has 0 spiro atoms. The summed E-state index contributed by atoms with van der Waals surface area (Å²) in [5, 5.41) is 8.15. The van der Waals surface area contributed by atoms with Gasteiger partial charge in [-0.1, -0.05) is 31.0 Å². The SMILES string of the molecule is CCCC(C)N(C)c1cccc(Cl)c1C(=N)N. The van der Waals surface area contributed by atoms with Gasteiger partial charge in [0.25, 0.3) is 0 Å². The zero-order valence-corrected chi connectivity index (χ0v) is 11.4. The molecule has 1 rings (SSSR count). The van der Waals surface area contributed by atoms with Crippen molar-refractivity contribution in [3.8, 4) is 0 Å². The lowest BCUT2D eigenvalue weighted by Gasteiger charge is -2.29. The maximum atomic E-state index is 7.62. The molecule has 0 saturated carbocycles. The first-order valence-corrected chi connectivity index (χ1v) is 6.22. The molecule has 4 heteroatoms. The van der Waals surface area contributed by atoms with Crippen molar-refractivity contribution in [3.63, 3.8) is 0 Å². The van der Waals surface area contributed by atoms with Crippen molar-refractivity contribution < 1.29 is 0 Å². The third-order valence-corrected chi connectivity index (χ3v) is 3.32. The first-order chi connectivity index (χ1) is 7.99. The van der Waals surface area contributed by atoms with E-state index in [0.717, 1.165) is 18.5 Å². The van der Waals surface area contributed by atoms with Gasteiger partial charge < -0.3 is 10.6 Å². The number of hydrogen-bond acceptors (Lipinski definition) is 2. The third kappa shape index (κ3) is 3.13. The van der Waals surface area contributed by atoms with Crippen LogP contribution in [0.3, 0.4) is 0 Å². The fraction of sp³-hybridized carbons (Fsp3) is 0.462. The van der Waals surface area contributed by atoms with Crippen molar-refractivity contribution in [1.29, 1.82) is 5.41 Å². The smallest absolute Gasteiger partial charge is 0.126 e. The zero-order chi connectivity index (χ0) is 13.0. The number of nitrogens with one attached hydrogen (secondary N) is 1. The van der Waals surface area contributed by atoms with Crippen LogP contribution < -0.4 is 10.6 Å². The Balaban J connectivity index is 3.13. The molecule has 0 aromatic heterocycles. The molecule has 17 heavy (non-hydrogen) atoms. The summed E-state index contributed by atoms with van der Waals surface area (Å²) in [5.41, 5.74) is 7.15. The number of nitrogen functional groups attached to an aromatic ring is 1. The maximum absolute atomic E-state index is 7.62. The number of nitrogens with two attached hydrogens (primary N) is 1. The van der Waals surface area contributed by atoms with Gasteiger partial charge >= 0.3 is 0 Å². The molecule has 0 fully saturated rings. The van der Waals surface area contributed by atoms with Gasteiger partial charge in [0.2, 0.25) is 0 Å². The molecule has 0 heterocycles. The number of benzene rings is 1. The van der Waals surface area contributed by atoms with E-state index in [2.05, 4.69) is 18.7 Å². The van der Waals surface area contributed by atoms with E-state index in [4.69, 9.17) is 22.7 Å². The topological polar surface area (TPSA) is 53.1 Å². The van der Waals surface area contributed by atoms with Crippen LogP contribution in [-0.4, -0.2) is 18.9 Å². The molecule has 1 aromatic carbocycles. The lowest BCUT2D eigenvalue weighted by molar-refractivity contribution is 0.616. The summed E-state index contributed by atoms with van der Waals surface area (Å²) in [6, 6.07) is 6.00. The fourth-order valence-electron chi connectivity index (χ4n) is 1.92. The Bertz CT molecular complexity index is 404. The van der Waals surface area contributed by atoms with Crippen LogP contribution >= 0.6 is 11.6 Å². The van der Waals surface area contributed by atoms with E-state index in [1.54, 1.807) is 6.07 Å². The standard InChI is InChI=1S/C13H20ClN3/c1-4-6-9(2)17(3)11-8-5-7-10(14)12(11)13(15)16/h5,7-9H,4,6H2,1-3H3,(H3,15,16). The molecule has 1 atom stereocenters. The van der Waals surface area contributed by atoms with E-state index in [1.807, 2.05) is 19.2 Å². The van der Waals surface area contributed by atoms with Crippen LogP contribution in [0.1, 0.15) is 32.3 Å². The van der Waals surface area contributed by atoms with Crippen molar-refractivity contribution in [2.75, 3.05) is 11.9 Å². The van der Waals surface area contributed by atoms with Crippen molar-refractivity contribution in [2.45, 2.75) is 32.7 Å². The van der Waals surface area contributed by atoms with Crippen molar-refractivity contribution in [1.82, 2.24) is 0 Å². The van der Waals surface area contributed by atoms with E-state index in [-0.39, 0.29) is 5.84 Å². The van der Waals surface area contributed by atoms with Crippen molar-refractivity contribution >= 4 is 23.1 Å². The molecule has 0 radical (unpaired) electrons. The van der Waals surface area contributed by atoms with Gasteiger partial charge in [0.05, 0.1) is 10.6 Å². The molecule has 0 bridgehead atoms. The molecule has 0 aliphatic rings.